The molecule has 7 nitrogen and oxygen atoms in total. The van der Waals surface area contributed by atoms with E-state index in [-0.39, 0.29) is 24.8 Å². The smallest absolute Gasteiger partial charge is 0.327 e. The number of nitrogens with one attached hydrogen (secondary N) is 1. The van der Waals surface area contributed by atoms with E-state index in [2.05, 4.69) is 10.1 Å². The molecule has 1 rings (SSSR count). The van der Waals surface area contributed by atoms with Gasteiger partial charge in [-0.1, -0.05) is 0 Å². The lowest BCUT2D eigenvalue weighted by molar-refractivity contribution is -0.133. The molecule has 0 aromatic rings. The Bertz CT molecular complexity index is 318. The summed E-state index contributed by atoms with van der Waals surface area (Å²) >= 11 is 0. The fourth-order valence-electron chi connectivity index (χ4n) is 1.42. The minimum absolute atomic E-state index is 0.0776. The average molecular weight is 229 g/mol. The molecule has 0 aromatic heterocycles. The summed E-state index contributed by atoms with van der Waals surface area (Å²) in [4.78, 5) is 36.5. The van der Waals surface area contributed by atoms with Crippen molar-refractivity contribution in [2.75, 3.05) is 27.8 Å². The maximum absolute atomic E-state index is 11.5. The Balaban J connectivity index is 2.64. The molecule has 1 heterocycles. The maximum atomic E-state index is 11.5. The first-order valence-electron chi connectivity index (χ1n) is 4.79. The van der Waals surface area contributed by atoms with Crippen LogP contribution in [0.1, 0.15) is 6.42 Å². The number of hydrogen-bond acceptors (Lipinski definition) is 4. The van der Waals surface area contributed by atoms with E-state index in [9.17, 15) is 14.4 Å². The summed E-state index contributed by atoms with van der Waals surface area (Å²) in [6.07, 6.45) is -0.521. The molecule has 90 valence electrons. The largest absolute Gasteiger partial charge is 0.375 e. The summed E-state index contributed by atoms with van der Waals surface area (Å²) in [5.74, 6) is -0.671. The third-order valence-corrected chi connectivity index (χ3v) is 2.40. The number of methoxy groups -OCH3 is 1. The van der Waals surface area contributed by atoms with Gasteiger partial charge in [0.15, 0.2) is 0 Å². The van der Waals surface area contributed by atoms with Gasteiger partial charge in [0.25, 0.3) is 0 Å². The number of nitrogens with zero attached hydrogens (tertiary/aromatic N) is 2. The fourth-order valence-corrected chi connectivity index (χ4v) is 1.42. The standard InChI is InChI=1S/C9H15N3O4/c1-11-6(10-7(13)5-16-3)4-8(14)12(2)9(11)15/h6H,4-5H2,1-3H3,(H,10,13). The Morgan fingerprint density at radius 2 is 2.12 bits per heavy atom. The molecule has 16 heavy (non-hydrogen) atoms. The summed E-state index contributed by atoms with van der Waals surface area (Å²) in [5, 5.41) is 2.54. The highest BCUT2D eigenvalue weighted by Gasteiger charge is 2.34. The first-order chi connectivity index (χ1) is 7.47. The molecule has 1 saturated heterocycles. The highest BCUT2D eigenvalue weighted by molar-refractivity contribution is 5.97. The van der Waals surface area contributed by atoms with Gasteiger partial charge in [-0.15, -0.1) is 0 Å². The molecule has 1 fully saturated rings. The van der Waals surface area contributed by atoms with E-state index in [4.69, 9.17) is 0 Å². The van der Waals surface area contributed by atoms with Crippen molar-refractivity contribution in [3.8, 4) is 0 Å². The minimum atomic E-state index is -0.598. The molecule has 0 aliphatic carbocycles. The molecule has 1 atom stereocenters. The van der Waals surface area contributed by atoms with Crippen molar-refractivity contribution in [1.82, 2.24) is 15.1 Å². The number of hydrogen-bond donors (Lipinski definition) is 1. The number of urea groups is 1. The first kappa shape index (κ1) is 12.4. The van der Waals surface area contributed by atoms with Gasteiger partial charge in [-0.25, -0.2) is 4.79 Å². The number of rotatable bonds is 3. The Kier molecular flexibility index (Phi) is 3.83. The van der Waals surface area contributed by atoms with Crippen molar-refractivity contribution in [3.63, 3.8) is 0 Å². The highest BCUT2D eigenvalue weighted by Crippen LogP contribution is 2.11. The lowest BCUT2D eigenvalue weighted by atomic mass is 10.2. The molecule has 1 aliphatic rings. The van der Waals surface area contributed by atoms with Gasteiger partial charge in [0.1, 0.15) is 12.8 Å². The maximum Gasteiger partial charge on any atom is 0.327 e. The van der Waals surface area contributed by atoms with E-state index in [1.807, 2.05) is 0 Å². The van der Waals surface area contributed by atoms with Crippen molar-refractivity contribution < 1.29 is 19.1 Å². The van der Waals surface area contributed by atoms with Crippen LogP contribution in [0.25, 0.3) is 0 Å². The second kappa shape index (κ2) is 4.93. The SMILES string of the molecule is COCC(=O)NC1CC(=O)N(C)C(=O)N1C. The summed E-state index contributed by atoms with van der Waals surface area (Å²) in [7, 11) is 4.34. The zero-order valence-corrected chi connectivity index (χ0v) is 9.52. The molecule has 1 aliphatic heterocycles. The molecule has 0 radical (unpaired) electrons. The molecule has 1 N–H and O–H groups in total. The van der Waals surface area contributed by atoms with Gasteiger partial charge in [-0.05, 0) is 0 Å². The second-order valence-corrected chi connectivity index (χ2v) is 3.57. The Morgan fingerprint density at radius 1 is 1.50 bits per heavy atom. The molecule has 0 aromatic carbocycles. The van der Waals surface area contributed by atoms with E-state index in [0.29, 0.717) is 0 Å². The molecule has 7 heteroatoms. The van der Waals surface area contributed by atoms with E-state index in [1.165, 1.54) is 26.1 Å². The molecular weight excluding hydrogens is 214 g/mol. The van der Waals surface area contributed by atoms with Crippen LogP contribution in [0.3, 0.4) is 0 Å². The van der Waals surface area contributed by atoms with Crippen LogP contribution >= 0.6 is 0 Å². The van der Waals surface area contributed by atoms with Crippen LogP contribution in [0, 0.1) is 0 Å². The van der Waals surface area contributed by atoms with Gasteiger partial charge in [-0.2, -0.15) is 0 Å². The quantitative estimate of drug-likeness (QED) is 0.672. The van der Waals surface area contributed by atoms with Crippen LogP contribution in [0.5, 0.6) is 0 Å². The molecular formula is C9H15N3O4. The van der Waals surface area contributed by atoms with Crippen molar-refractivity contribution >= 4 is 17.8 Å². The number of amides is 4. The minimum Gasteiger partial charge on any atom is -0.375 e. The van der Waals surface area contributed by atoms with Gasteiger partial charge in [0.2, 0.25) is 11.8 Å². The fraction of sp³-hybridized carbons (Fsp3) is 0.667. The van der Waals surface area contributed by atoms with E-state index in [1.54, 1.807) is 0 Å². The summed E-state index contributed by atoms with van der Waals surface area (Å²) in [5.41, 5.74) is 0. The molecule has 4 amide bonds. The molecule has 0 spiro atoms. The van der Waals surface area contributed by atoms with Crippen LogP contribution in [0.4, 0.5) is 4.79 Å². The Labute approximate surface area is 93.3 Å². The summed E-state index contributed by atoms with van der Waals surface area (Å²) in [6, 6.07) is -0.432. The van der Waals surface area contributed by atoms with Gasteiger partial charge in [0.05, 0.1) is 6.42 Å². The summed E-state index contributed by atoms with van der Waals surface area (Å²) in [6.45, 7) is -0.0947. The van der Waals surface area contributed by atoms with Crippen LogP contribution in [-0.4, -0.2) is 61.6 Å². The highest BCUT2D eigenvalue weighted by atomic mass is 16.5. The van der Waals surface area contributed by atoms with Crippen molar-refractivity contribution in [2.45, 2.75) is 12.6 Å². The molecule has 0 bridgehead atoms. The predicted octanol–water partition coefficient (Wildman–Crippen LogP) is -1.01. The van der Waals surface area contributed by atoms with Gasteiger partial charge in [0, 0.05) is 21.2 Å². The first-order valence-corrected chi connectivity index (χ1v) is 4.79. The molecule has 1 unspecified atom stereocenters. The van der Waals surface area contributed by atoms with E-state index in [0.717, 1.165) is 4.90 Å². The zero-order chi connectivity index (χ0) is 12.3. The Hall–Kier alpha value is -1.63. The lowest BCUT2D eigenvalue weighted by Gasteiger charge is -2.36. The zero-order valence-electron chi connectivity index (χ0n) is 9.52. The second-order valence-electron chi connectivity index (χ2n) is 3.57. The van der Waals surface area contributed by atoms with Crippen molar-refractivity contribution in [3.05, 3.63) is 0 Å². The number of carbonyl (C=O) groups is 3. The topological polar surface area (TPSA) is 79.0 Å². The molecule has 0 saturated carbocycles. The van der Waals surface area contributed by atoms with Crippen LogP contribution < -0.4 is 5.32 Å². The third-order valence-electron chi connectivity index (χ3n) is 2.40. The summed E-state index contributed by atoms with van der Waals surface area (Å²) < 4.78 is 4.64. The monoisotopic (exact) mass is 229 g/mol. The van der Waals surface area contributed by atoms with Crippen LogP contribution in [0.2, 0.25) is 0 Å². The third kappa shape index (κ3) is 2.48. The number of ether oxygens (including phenoxy) is 1. The van der Waals surface area contributed by atoms with Crippen molar-refractivity contribution in [1.29, 1.82) is 0 Å². The van der Waals surface area contributed by atoms with E-state index >= 15 is 0 Å². The van der Waals surface area contributed by atoms with Gasteiger partial charge < -0.3 is 15.0 Å². The predicted molar refractivity (Wildman–Crippen MR) is 54.4 cm³/mol. The van der Waals surface area contributed by atoms with E-state index < -0.39 is 12.2 Å². The normalized spacial score (nSPS) is 21.3. The number of imide groups is 1. The lowest BCUT2D eigenvalue weighted by Crippen LogP contribution is -2.59. The average Bonchev–Trinajstić information content (AvgIpc) is 2.23. The number of carbonyl (C=O) groups excluding carboxylic acids is 3. The Morgan fingerprint density at radius 3 is 2.69 bits per heavy atom. The van der Waals surface area contributed by atoms with Crippen LogP contribution in [0.15, 0.2) is 0 Å². The van der Waals surface area contributed by atoms with Gasteiger partial charge in [-0.3, -0.25) is 14.5 Å². The van der Waals surface area contributed by atoms with Crippen LogP contribution in [-0.2, 0) is 14.3 Å². The van der Waals surface area contributed by atoms with Gasteiger partial charge >= 0.3 is 6.03 Å². The van der Waals surface area contributed by atoms with Crippen molar-refractivity contribution in [2.24, 2.45) is 0 Å².